The lowest BCUT2D eigenvalue weighted by Crippen LogP contribution is -2.07. The molecule has 0 spiro atoms. The van der Waals surface area contributed by atoms with E-state index in [0.29, 0.717) is 22.7 Å². The van der Waals surface area contributed by atoms with Gasteiger partial charge >= 0.3 is 5.97 Å². The standard InChI is InChI=1S/C13H13N3O4/c1-7(17)15-10-5-8(3-4-11(10)20-2)12-9(13(18)19)6-14-16-12/h3-6H,1-2H3,(H,14,16)(H,15,17)(H,18,19). The summed E-state index contributed by atoms with van der Waals surface area (Å²) in [6, 6.07) is 4.96. The summed E-state index contributed by atoms with van der Waals surface area (Å²) in [6.45, 7) is 1.38. The zero-order valence-electron chi connectivity index (χ0n) is 10.9. The van der Waals surface area contributed by atoms with Gasteiger partial charge in [0, 0.05) is 12.5 Å². The topological polar surface area (TPSA) is 104 Å². The summed E-state index contributed by atoms with van der Waals surface area (Å²) in [4.78, 5) is 22.3. The van der Waals surface area contributed by atoms with Crippen LogP contribution in [0.1, 0.15) is 17.3 Å². The maximum atomic E-state index is 11.2. The van der Waals surface area contributed by atoms with Gasteiger partial charge in [0.2, 0.25) is 5.91 Å². The Labute approximate surface area is 114 Å². The van der Waals surface area contributed by atoms with Gasteiger partial charge in [0.25, 0.3) is 0 Å². The fraction of sp³-hybridized carbons (Fsp3) is 0.154. The first-order valence-corrected chi connectivity index (χ1v) is 5.75. The zero-order chi connectivity index (χ0) is 14.7. The molecule has 3 N–H and O–H groups in total. The number of carbonyl (C=O) groups is 2. The maximum absolute atomic E-state index is 11.2. The van der Waals surface area contributed by atoms with Gasteiger partial charge in [-0.25, -0.2) is 4.79 Å². The molecule has 7 heteroatoms. The Morgan fingerprint density at radius 2 is 2.15 bits per heavy atom. The van der Waals surface area contributed by atoms with Crippen LogP contribution in [0.2, 0.25) is 0 Å². The van der Waals surface area contributed by atoms with Crippen LogP contribution in [0.25, 0.3) is 11.3 Å². The number of ether oxygens (including phenoxy) is 1. The van der Waals surface area contributed by atoms with E-state index in [1.165, 1.54) is 20.2 Å². The highest BCUT2D eigenvalue weighted by molar-refractivity contribution is 5.96. The number of amides is 1. The van der Waals surface area contributed by atoms with E-state index >= 15 is 0 Å². The summed E-state index contributed by atoms with van der Waals surface area (Å²) in [5.41, 5.74) is 1.48. The summed E-state index contributed by atoms with van der Waals surface area (Å²) in [5, 5.41) is 18.1. The lowest BCUT2D eigenvalue weighted by molar-refractivity contribution is -0.114. The lowest BCUT2D eigenvalue weighted by Gasteiger charge is -2.10. The van der Waals surface area contributed by atoms with Gasteiger partial charge in [-0.3, -0.25) is 9.89 Å². The summed E-state index contributed by atoms with van der Waals surface area (Å²) in [5.74, 6) is -0.838. The number of nitrogens with zero attached hydrogens (tertiary/aromatic N) is 1. The van der Waals surface area contributed by atoms with Crippen LogP contribution in [0.15, 0.2) is 24.4 Å². The fourth-order valence-electron chi connectivity index (χ4n) is 1.82. The first-order valence-electron chi connectivity index (χ1n) is 5.75. The van der Waals surface area contributed by atoms with Crippen LogP contribution in [0, 0.1) is 0 Å². The molecule has 0 fully saturated rings. The molecule has 2 rings (SSSR count). The molecule has 0 radical (unpaired) electrons. The molecule has 0 saturated carbocycles. The van der Waals surface area contributed by atoms with Crippen molar-refractivity contribution in [2.24, 2.45) is 0 Å². The molecule has 0 saturated heterocycles. The van der Waals surface area contributed by atoms with Crippen LogP contribution < -0.4 is 10.1 Å². The van der Waals surface area contributed by atoms with E-state index in [0.717, 1.165) is 0 Å². The van der Waals surface area contributed by atoms with Crippen LogP contribution in [0.5, 0.6) is 5.75 Å². The number of aromatic amines is 1. The van der Waals surface area contributed by atoms with Gasteiger partial charge in [-0.1, -0.05) is 0 Å². The number of hydrogen-bond acceptors (Lipinski definition) is 4. The molecule has 0 bridgehead atoms. The number of anilines is 1. The molecular formula is C13H13N3O4. The first-order chi connectivity index (χ1) is 9.52. The van der Waals surface area contributed by atoms with E-state index in [2.05, 4.69) is 15.5 Å². The Kier molecular flexibility index (Phi) is 3.69. The molecule has 1 amide bonds. The molecule has 0 aliphatic carbocycles. The number of carboxylic acids is 1. The van der Waals surface area contributed by atoms with E-state index in [1.807, 2.05) is 0 Å². The smallest absolute Gasteiger partial charge is 0.339 e. The molecule has 1 heterocycles. The minimum atomic E-state index is -1.08. The Hall–Kier alpha value is -2.83. The summed E-state index contributed by atoms with van der Waals surface area (Å²) in [7, 11) is 1.49. The van der Waals surface area contributed by atoms with Crippen LogP contribution in [-0.2, 0) is 4.79 Å². The number of benzene rings is 1. The zero-order valence-corrected chi connectivity index (χ0v) is 10.9. The number of hydrogen-bond donors (Lipinski definition) is 3. The number of H-pyrrole nitrogens is 1. The second-order valence-electron chi connectivity index (χ2n) is 4.06. The number of methoxy groups -OCH3 is 1. The average Bonchev–Trinajstić information content (AvgIpc) is 2.87. The molecule has 7 nitrogen and oxygen atoms in total. The number of carboxylic acid groups (broad SMARTS) is 1. The van der Waals surface area contributed by atoms with E-state index < -0.39 is 5.97 Å². The van der Waals surface area contributed by atoms with Gasteiger partial charge in [0.15, 0.2) is 0 Å². The molecule has 1 aromatic carbocycles. The predicted molar refractivity (Wildman–Crippen MR) is 71.8 cm³/mol. The summed E-state index contributed by atoms with van der Waals surface area (Å²) >= 11 is 0. The number of rotatable bonds is 4. The molecule has 0 unspecified atom stereocenters. The Bertz CT molecular complexity index is 663. The second-order valence-corrected chi connectivity index (χ2v) is 4.06. The first kappa shape index (κ1) is 13.6. The summed E-state index contributed by atoms with van der Waals surface area (Å²) < 4.78 is 5.14. The third-order valence-electron chi connectivity index (χ3n) is 2.67. The number of carbonyl (C=O) groups excluding carboxylic acids is 1. The Morgan fingerprint density at radius 1 is 1.40 bits per heavy atom. The van der Waals surface area contributed by atoms with Crippen molar-refractivity contribution < 1.29 is 19.4 Å². The Morgan fingerprint density at radius 3 is 2.75 bits per heavy atom. The minimum Gasteiger partial charge on any atom is -0.495 e. The predicted octanol–water partition coefficient (Wildman–Crippen LogP) is 1.74. The van der Waals surface area contributed by atoms with Gasteiger partial charge in [-0.2, -0.15) is 5.10 Å². The van der Waals surface area contributed by atoms with Crippen molar-refractivity contribution in [3.63, 3.8) is 0 Å². The SMILES string of the molecule is COc1ccc(-c2[nH]ncc2C(=O)O)cc1NC(C)=O. The molecule has 0 atom stereocenters. The third-order valence-corrected chi connectivity index (χ3v) is 2.67. The Balaban J connectivity index is 2.50. The van der Waals surface area contributed by atoms with Crippen molar-refractivity contribution in [1.82, 2.24) is 10.2 Å². The van der Waals surface area contributed by atoms with Crippen molar-refractivity contribution >= 4 is 17.6 Å². The van der Waals surface area contributed by atoms with Crippen LogP contribution in [0.3, 0.4) is 0 Å². The second kappa shape index (κ2) is 5.43. The fourth-order valence-corrected chi connectivity index (χ4v) is 1.82. The summed E-state index contributed by atoms with van der Waals surface area (Å²) in [6.07, 6.45) is 1.24. The average molecular weight is 275 g/mol. The quantitative estimate of drug-likeness (QED) is 0.788. The molecule has 0 aliphatic rings. The normalized spacial score (nSPS) is 10.1. The van der Waals surface area contributed by atoms with E-state index in [4.69, 9.17) is 9.84 Å². The van der Waals surface area contributed by atoms with Gasteiger partial charge in [-0.05, 0) is 18.2 Å². The van der Waals surface area contributed by atoms with Crippen LogP contribution in [0.4, 0.5) is 5.69 Å². The van der Waals surface area contributed by atoms with Crippen molar-refractivity contribution in [2.75, 3.05) is 12.4 Å². The molecule has 20 heavy (non-hydrogen) atoms. The number of aromatic carboxylic acids is 1. The third kappa shape index (κ3) is 2.61. The van der Waals surface area contributed by atoms with Crippen LogP contribution >= 0.6 is 0 Å². The highest BCUT2D eigenvalue weighted by Gasteiger charge is 2.15. The van der Waals surface area contributed by atoms with Crippen molar-refractivity contribution in [3.05, 3.63) is 30.0 Å². The molecular weight excluding hydrogens is 262 g/mol. The van der Waals surface area contributed by atoms with Crippen molar-refractivity contribution in [3.8, 4) is 17.0 Å². The largest absolute Gasteiger partial charge is 0.495 e. The van der Waals surface area contributed by atoms with Gasteiger partial charge in [-0.15, -0.1) is 0 Å². The van der Waals surface area contributed by atoms with Crippen molar-refractivity contribution in [1.29, 1.82) is 0 Å². The molecule has 1 aromatic heterocycles. The van der Waals surface area contributed by atoms with E-state index in [1.54, 1.807) is 18.2 Å². The monoisotopic (exact) mass is 275 g/mol. The maximum Gasteiger partial charge on any atom is 0.339 e. The molecule has 0 aliphatic heterocycles. The van der Waals surface area contributed by atoms with Gasteiger partial charge in [0.05, 0.1) is 24.7 Å². The van der Waals surface area contributed by atoms with E-state index in [-0.39, 0.29) is 11.5 Å². The molecule has 2 aromatic rings. The van der Waals surface area contributed by atoms with Gasteiger partial charge in [0.1, 0.15) is 11.3 Å². The number of nitrogens with one attached hydrogen (secondary N) is 2. The van der Waals surface area contributed by atoms with Crippen molar-refractivity contribution in [2.45, 2.75) is 6.92 Å². The van der Waals surface area contributed by atoms with Gasteiger partial charge < -0.3 is 15.2 Å². The lowest BCUT2D eigenvalue weighted by atomic mass is 10.1. The van der Waals surface area contributed by atoms with Crippen LogP contribution in [-0.4, -0.2) is 34.3 Å². The van der Waals surface area contributed by atoms with E-state index in [9.17, 15) is 9.59 Å². The minimum absolute atomic E-state index is 0.0592. The highest BCUT2D eigenvalue weighted by atomic mass is 16.5. The molecule has 104 valence electrons. The highest BCUT2D eigenvalue weighted by Crippen LogP contribution is 2.31. The number of aromatic nitrogens is 2.